The molecule has 0 aliphatic rings. The van der Waals surface area contributed by atoms with Crippen LogP contribution >= 0.6 is 15.9 Å². The molecule has 0 saturated heterocycles. The Bertz CT molecular complexity index is 561. The molecular formula is C12H10BrN3O2. The molecule has 0 spiro atoms. The molecule has 1 heterocycles. The van der Waals surface area contributed by atoms with Gasteiger partial charge in [0.25, 0.3) is 5.69 Å². The Labute approximate surface area is 112 Å². The first-order valence-electron chi connectivity index (χ1n) is 5.24. The maximum atomic E-state index is 10.7. The van der Waals surface area contributed by atoms with Crippen molar-refractivity contribution in [1.29, 1.82) is 0 Å². The van der Waals surface area contributed by atoms with E-state index in [0.717, 1.165) is 10.2 Å². The van der Waals surface area contributed by atoms with E-state index in [4.69, 9.17) is 0 Å². The first-order chi connectivity index (χ1) is 8.66. The molecule has 0 saturated carbocycles. The first-order valence-corrected chi connectivity index (χ1v) is 6.04. The molecule has 0 unspecified atom stereocenters. The number of aromatic nitrogens is 1. The smallest absolute Gasteiger partial charge is 0.271 e. The van der Waals surface area contributed by atoms with Crippen LogP contribution in [0.15, 0.2) is 47.1 Å². The number of hydrogen-bond donors (Lipinski definition) is 1. The molecular weight excluding hydrogens is 298 g/mol. The number of pyridine rings is 1. The number of halogens is 1. The van der Waals surface area contributed by atoms with Crippen molar-refractivity contribution in [2.75, 3.05) is 5.32 Å². The lowest BCUT2D eigenvalue weighted by atomic mass is 10.2. The highest BCUT2D eigenvalue weighted by Gasteiger charge is 2.09. The second-order valence-electron chi connectivity index (χ2n) is 3.60. The number of nitrogens with one attached hydrogen (secondary N) is 1. The third-order valence-electron chi connectivity index (χ3n) is 2.35. The summed E-state index contributed by atoms with van der Waals surface area (Å²) in [5.41, 5.74) is 1.60. The first kappa shape index (κ1) is 12.5. The van der Waals surface area contributed by atoms with Gasteiger partial charge in [-0.05, 0) is 34.1 Å². The number of non-ortho nitro benzene ring substituents is 1. The summed E-state index contributed by atoms with van der Waals surface area (Å²) in [5, 5.41) is 13.8. The molecule has 5 nitrogen and oxygen atoms in total. The summed E-state index contributed by atoms with van der Waals surface area (Å²) >= 11 is 3.35. The third-order valence-corrected chi connectivity index (χ3v) is 3.04. The molecule has 6 heteroatoms. The molecule has 2 aromatic rings. The highest BCUT2D eigenvalue weighted by atomic mass is 79.9. The summed E-state index contributed by atoms with van der Waals surface area (Å²) in [5.74, 6) is 0. The van der Waals surface area contributed by atoms with E-state index in [1.807, 2.05) is 18.2 Å². The molecule has 92 valence electrons. The van der Waals surface area contributed by atoms with E-state index in [9.17, 15) is 10.1 Å². The number of nitro groups is 1. The predicted molar refractivity (Wildman–Crippen MR) is 72.4 cm³/mol. The summed E-state index contributed by atoms with van der Waals surface area (Å²) in [4.78, 5) is 14.4. The average Bonchev–Trinajstić information content (AvgIpc) is 2.38. The second-order valence-corrected chi connectivity index (χ2v) is 4.45. The van der Waals surface area contributed by atoms with Gasteiger partial charge in [-0.2, -0.15) is 0 Å². The predicted octanol–water partition coefficient (Wildman–Crippen LogP) is 3.36. The quantitative estimate of drug-likeness (QED) is 0.694. The van der Waals surface area contributed by atoms with E-state index in [-0.39, 0.29) is 5.69 Å². The zero-order valence-corrected chi connectivity index (χ0v) is 10.9. The largest absolute Gasteiger partial charge is 0.378 e. The van der Waals surface area contributed by atoms with Gasteiger partial charge < -0.3 is 5.32 Å². The summed E-state index contributed by atoms with van der Waals surface area (Å²) in [6.45, 7) is 0.514. The lowest BCUT2D eigenvalue weighted by molar-refractivity contribution is -0.384. The highest BCUT2D eigenvalue weighted by molar-refractivity contribution is 9.10. The summed E-state index contributed by atoms with van der Waals surface area (Å²) in [7, 11) is 0. The molecule has 0 atom stereocenters. The van der Waals surface area contributed by atoms with Gasteiger partial charge in [0.2, 0.25) is 0 Å². The molecule has 2 rings (SSSR count). The molecule has 1 aromatic carbocycles. The minimum atomic E-state index is -0.418. The van der Waals surface area contributed by atoms with E-state index in [1.165, 1.54) is 12.1 Å². The van der Waals surface area contributed by atoms with Crippen molar-refractivity contribution in [3.63, 3.8) is 0 Å². The molecule has 0 radical (unpaired) electrons. The van der Waals surface area contributed by atoms with Crippen LogP contribution in [0.4, 0.5) is 11.4 Å². The molecule has 0 bridgehead atoms. The van der Waals surface area contributed by atoms with Crippen molar-refractivity contribution in [3.05, 3.63) is 62.9 Å². The zero-order valence-electron chi connectivity index (χ0n) is 9.34. The molecule has 0 fully saturated rings. The van der Waals surface area contributed by atoms with Crippen LogP contribution in [0.5, 0.6) is 0 Å². The summed E-state index contributed by atoms with van der Waals surface area (Å²) in [6.07, 6.45) is 1.71. The zero-order chi connectivity index (χ0) is 13.0. The number of nitrogens with zero attached hydrogens (tertiary/aromatic N) is 2. The Morgan fingerprint density at radius 2 is 2.17 bits per heavy atom. The van der Waals surface area contributed by atoms with Gasteiger partial charge in [-0.3, -0.25) is 15.1 Å². The van der Waals surface area contributed by atoms with Gasteiger partial charge in [0.15, 0.2) is 0 Å². The highest BCUT2D eigenvalue weighted by Crippen LogP contribution is 2.27. The monoisotopic (exact) mass is 307 g/mol. The summed E-state index contributed by atoms with van der Waals surface area (Å²) < 4.78 is 0.782. The number of hydrogen-bond acceptors (Lipinski definition) is 4. The van der Waals surface area contributed by atoms with Crippen molar-refractivity contribution in [1.82, 2.24) is 4.98 Å². The van der Waals surface area contributed by atoms with Crippen LogP contribution < -0.4 is 5.32 Å². The van der Waals surface area contributed by atoms with Crippen molar-refractivity contribution < 1.29 is 4.92 Å². The Morgan fingerprint density at radius 1 is 1.33 bits per heavy atom. The molecule has 18 heavy (non-hydrogen) atoms. The van der Waals surface area contributed by atoms with Crippen LogP contribution in [0.1, 0.15) is 5.69 Å². The maximum Gasteiger partial charge on any atom is 0.271 e. The number of benzene rings is 1. The molecule has 1 N–H and O–H groups in total. The molecule has 0 aliphatic carbocycles. The van der Waals surface area contributed by atoms with Crippen LogP contribution in [-0.2, 0) is 6.54 Å². The van der Waals surface area contributed by atoms with Crippen LogP contribution in [0.25, 0.3) is 0 Å². The lowest BCUT2D eigenvalue weighted by Crippen LogP contribution is -2.02. The van der Waals surface area contributed by atoms with Gasteiger partial charge in [0.1, 0.15) is 0 Å². The topological polar surface area (TPSA) is 68.1 Å². The van der Waals surface area contributed by atoms with E-state index < -0.39 is 4.92 Å². The van der Waals surface area contributed by atoms with Crippen LogP contribution in [0.2, 0.25) is 0 Å². The van der Waals surface area contributed by atoms with Crippen LogP contribution in [0, 0.1) is 10.1 Å². The second kappa shape index (κ2) is 5.59. The Balaban J connectivity index is 2.14. The van der Waals surface area contributed by atoms with Gasteiger partial charge in [-0.15, -0.1) is 0 Å². The average molecular weight is 308 g/mol. The number of nitro benzene ring substituents is 1. The molecule has 1 aromatic heterocycles. The van der Waals surface area contributed by atoms with Gasteiger partial charge in [-0.1, -0.05) is 6.07 Å². The maximum absolute atomic E-state index is 10.7. The molecule has 0 aliphatic heterocycles. The number of rotatable bonds is 4. The SMILES string of the molecule is O=[N+]([O-])c1ccc(Br)c(NCc2ccccn2)c1. The van der Waals surface area contributed by atoms with E-state index in [2.05, 4.69) is 26.2 Å². The minimum Gasteiger partial charge on any atom is -0.378 e. The fourth-order valence-corrected chi connectivity index (χ4v) is 1.84. The minimum absolute atomic E-state index is 0.0571. The number of anilines is 1. The lowest BCUT2D eigenvalue weighted by Gasteiger charge is -2.07. The standard InChI is InChI=1S/C12H10BrN3O2/c13-11-5-4-10(16(17)18)7-12(11)15-8-9-3-1-2-6-14-9/h1-7,15H,8H2. The molecule has 0 amide bonds. The van der Waals surface area contributed by atoms with E-state index >= 15 is 0 Å². The third kappa shape index (κ3) is 3.04. The normalized spacial score (nSPS) is 10.1. The van der Waals surface area contributed by atoms with Crippen molar-refractivity contribution in [2.45, 2.75) is 6.54 Å². The Morgan fingerprint density at radius 3 is 2.83 bits per heavy atom. The van der Waals surface area contributed by atoms with Crippen LogP contribution in [-0.4, -0.2) is 9.91 Å². The van der Waals surface area contributed by atoms with Crippen molar-refractivity contribution in [2.24, 2.45) is 0 Å². The van der Waals surface area contributed by atoms with E-state index in [1.54, 1.807) is 12.3 Å². The van der Waals surface area contributed by atoms with Gasteiger partial charge >= 0.3 is 0 Å². The Kier molecular flexibility index (Phi) is 3.88. The van der Waals surface area contributed by atoms with Crippen molar-refractivity contribution >= 4 is 27.3 Å². The van der Waals surface area contributed by atoms with Crippen molar-refractivity contribution in [3.8, 4) is 0 Å². The van der Waals surface area contributed by atoms with Gasteiger partial charge in [0, 0.05) is 22.8 Å². The van der Waals surface area contributed by atoms with Gasteiger partial charge in [-0.25, -0.2) is 0 Å². The fourth-order valence-electron chi connectivity index (χ4n) is 1.45. The summed E-state index contributed by atoms with van der Waals surface area (Å²) in [6, 6.07) is 10.2. The van der Waals surface area contributed by atoms with E-state index in [0.29, 0.717) is 12.2 Å². The van der Waals surface area contributed by atoms with Crippen LogP contribution in [0.3, 0.4) is 0 Å². The Hall–Kier alpha value is -1.95. The fraction of sp³-hybridized carbons (Fsp3) is 0.0833. The van der Waals surface area contributed by atoms with Gasteiger partial charge in [0.05, 0.1) is 22.8 Å².